The topological polar surface area (TPSA) is 39.4 Å². The summed E-state index contributed by atoms with van der Waals surface area (Å²) >= 11 is 0. The van der Waals surface area contributed by atoms with Gasteiger partial charge in [0.15, 0.2) is 0 Å². The van der Waals surface area contributed by atoms with Gasteiger partial charge in [-0.2, -0.15) is 0 Å². The Bertz CT molecular complexity index is 418. The second-order valence-electron chi connectivity index (χ2n) is 4.54. The Morgan fingerprint density at radius 2 is 2.25 bits per heavy atom. The first-order chi connectivity index (χ1) is 7.81. The number of esters is 1. The molecule has 1 fully saturated rings. The van der Waals surface area contributed by atoms with Crippen LogP contribution >= 0.6 is 0 Å². The number of allylic oxidation sites excluding steroid dienone is 2. The lowest BCUT2D eigenvalue weighted by molar-refractivity contribution is -0.147. The first kappa shape index (κ1) is 9.70. The number of hydrogen-bond acceptors (Lipinski definition) is 3. The average molecular weight is 218 g/mol. The summed E-state index contributed by atoms with van der Waals surface area (Å²) in [5.41, 5.74) is 0. The van der Waals surface area contributed by atoms with Crippen LogP contribution in [0.2, 0.25) is 0 Å². The number of rotatable bonds is 2. The minimum absolute atomic E-state index is 0.0638. The van der Waals surface area contributed by atoms with Crippen molar-refractivity contribution in [2.75, 3.05) is 7.11 Å². The summed E-state index contributed by atoms with van der Waals surface area (Å²) in [5, 5.41) is 0. The molecule has 84 valence electrons. The molecule has 2 aliphatic rings. The number of furan rings is 1. The summed E-state index contributed by atoms with van der Waals surface area (Å²) in [6.07, 6.45) is 7.06. The van der Waals surface area contributed by atoms with Crippen LogP contribution in [0.5, 0.6) is 0 Å². The van der Waals surface area contributed by atoms with Crippen LogP contribution in [0.1, 0.15) is 18.1 Å². The Morgan fingerprint density at radius 1 is 1.44 bits per heavy atom. The minimum Gasteiger partial charge on any atom is -0.469 e. The Labute approximate surface area is 94.1 Å². The van der Waals surface area contributed by atoms with Gasteiger partial charge in [-0.05, 0) is 30.4 Å². The van der Waals surface area contributed by atoms with Crippen molar-refractivity contribution in [3.05, 3.63) is 36.3 Å². The molecule has 0 saturated heterocycles. The molecule has 0 radical (unpaired) electrons. The molecular formula is C13H14O3. The summed E-state index contributed by atoms with van der Waals surface area (Å²) in [4.78, 5) is 11.8. The minimum atomic E-state index is -0.113. The Balaban J connectivity index is 1.96. The van der Waals surface area contributed by atoms with Crippen LogP contribution in [0.3, 0.4) is 0 Å². The van der Waals surface area contributed by atoms with E-state index in [0.29, 0.717) is 11.8 Å². The molecule has 1 saturated carbocycles. The predicted molar refractivity (Wildman–Crippen MR) is 57.7 cm³/mol. The third-order valence-corrected chi connectivity index (χ3v) is 3.80. The van der Waals surface area contributed by atoms with E-state index in [1.165, 1.54) is 7.11 Å². The van der Waals surface area contributed by atoms with Crippen LogP contribution in [0.4, 0.5) is 0 Å². The molecule has 0 N–H and O–H groups in total. The van der Waals surface area contributed by atoms with E-state index in [1.807, 2.05) is 12.1 Å². The lowest BCUT2D eigenvalue weighted by Crippen LogP contribution is -2.26. The maximum Gasteiger partial charge on any atom is 0.310 e. The number of fused-ring (bicyclic) bond motifs is 2. The quantitative estimate of drug-likeness (QED) is 0.565. The molecule has 3 rings (SSSR count). The van der Waals surface area contributed by atoms with Crippen LogP contribution in [0.25, 0.3) is 0 Å². The van der Waals surface area contributed by atoms with E-state index in [4.69, 9.17) is 9.15 Å². The van der Waals surface area contributed by atoms with Gasteiger partial charge in [-0.3, -0.25) is 4.79 Å². The maximum atomic E-state index is 11.8. The van der Waals surface area contributed by atoms with Gasteiger partial charge in [-0.15, -0.1) is 0 Å². The van der Waals surface area contributed by atoms with Gasteiger partial charge in [-0.1, -0.05) is 12.2 Å². The molecule has 2 bridgehead atoms. The van der Waals surface area contributed by atoms with E-state index in [-0.39, 0.29) is 17.8 Å². The summed E-state index contributed by atoms with van der Waals surface area (Å²) in [5.74, 6) is 1.65. The normalized spacial score (nSPS) is 35.6. The molecule has 4 unspecified atom stereocenters. The molecule has 1 aromatic heterocycles. The Hall–Kier alpha value is -1.51. The zero-order chi connectivity index (χ0) is 11.1. The van der Waals surface area contributed by atoms with E-state index >= 15 is 0 Å². The molecule has 3 heteroatoms. The van der Waals surface area contributed by atoms with Crippen molar-refractivity contribution in [1.29, 1.82) is 0 Å². The first-order valence-electron chi connectivity index (χ1n) is 5.61. The monoisotopic (exact) mass is 218 g/mol. The van der Waals surface area contributed by atoms with Crippen LogP contribution in [-0.2, 0) is 9.53 Å². The molecule has 1 heterocycles. The van der Waals surface area contributed by atoms with E-state index in [0.717, 1.165) is 12.2 Å². The maximum absolute atomic E-state index is 11.8. The highest BCUT2D eigenvalue weighted by Crippen LogP contribution is 2.53. The number of carbonyl (C=O) groups excluding carboxylic acids is 1. The molecule has 0 aromatic carbocycles. The van der Waals surface area contributed by atoms with Crippen molar-refractivity contribution in [2.45, 2.75) is 12.3 Å². The smallest absolute Gasteiger partial charge is 0.310 e. The Morgan fingerprint density at radius 3 is 2.94 bits per heavy atom. The van der Waals surface area contributed by atoms with Gasteiger partial charge < -0.3 is 9.15 Å². The van der Waals surface area contributed by atoms with Gasteiger partial charge in [0.2, 0.25) is 0 Å². The molecule has 3 nitrogen and oxygen atoms in total. The van der Waals surface area contributed by atoms with Gasteiger partial charge in [0.1, 0.15) is 5.76 Å². The van der Waals surface area contributed by atoms with Crippen molar-refractivity contribution in [2.24, 2.45) is 17.8 Å². The largest absolute Gasteiger partial charge is 0.469 e. The molecule has 0 spiro atoms. The summed E-state index contributed by atoms with van der Waals surface area (Å²) in [6, 6.07) is 3.83. The fourth-order valence-electron chi connectivity index (χ4n) is 3.15. The van der Waals surface area contributed by atoms with E-state index < -0.39 is 0 Å². The molecule has 1 aromatic rings. The fraction of sp³-hybridized carbons (Fsp3) is 0.462. The Kier molecular flexibility index (Phi) is 2.13. The average Bonchev–Trinajstić information content (AvgIpc) is 3.01. The third kappa shape index (κ3) is 1.24. The highest BCUT2D eigenvalue weighted by atomic mass is 16.5. The summed E-state index contributed by atoms with van der Waals surface area (Å²) in [6.45, 7) is 0. The highest BCUT2D eigenvalue weighted by Gasteiger charge is 2.50. The fourth-order valence-corrected chi connectivity index (χ4v) is 3.15. The lowest BCUT2D eigenvalue weighted by atomic mass is 9.81. The van der Waals surface area contributed by atoms with Crippen molar-refractivity contribution in [3.8, 4) is 0 Å². The predicted octanol–water partition coefficient (Wildman–Crippen LogP) is 2.36. The molecule has 4 atom stereocenters. The summed E-state index contributed by atoms with van der Waals surface area (Å²) in [7, 11) is 1.46. The lowest BCUT2D eigenvalue weighted by Gasteiger charge is -2.24. The van der Waals surface area contributed by atoms with Gasteiger partial charge in [0, 0.05) is 5.92 Å². The zero-order valence-corrected chi connectivity index (χ0v) is 9.13. The molecule has 16 heavy (non-hydrogen) atoms. The first-order valence-corrected chi connectivity index (χ1v) is 5.61. The van der Waals surface area contributed by atoms with E-state index in [1.54, 1.807) is 6.26 Å². The van der Waals surface area contributed by atoms with Crippen LogP contribution < -0.4 is 0 Å². The van der Waals surface area contributed by atoms with Crippen molar-refractivity contribution in [3.63, 3.8) is 0 Å². The van der Waals surface area contributed by atoms with Crippen molar-refractivity contribution >= 4 is 5.97 Å². The van der Waals surface area contributed by atoms with Crippen LogP contribution in [0, 0.1) is 17.8 Å². The summed E-state index contributed by atoms with van der Waals surface area (Å²) < 4.78 is 10.4. The highest BCUT2D eigenvalue weighted by molar-refractivity contribution is 5.75. The van der Waals surface area contributed by atoms with Crippen LogP contribution in [0.15, 0.2) is 35.0 Å². The molecular weight excluding hydrogens is 204 g/mol. The van der Waals surface area contributed by atoms with Gasteiger partial charge >= 0.3 is 5.97 Å². The van der Waals surface area contributed by atoms with E-state index in [2.05, 4.69) is 12.2 Å². The van der Waals surface area contributed by atoms with E-state index in [9.17, 15) is 4.79 Å². The molecule has 2 aliphatic carbocycles. The van der Waals surface area contributed by atoms with Crippen LogP contribution in [-0.4, -0.2) is 13.1 Å². The number of hydrogen-bond donors (Lipinski definition) is 0. The number of methoxy groups -OCH3 is 1. The van der Waals surface area contributed by atoms with Crippen molar-refractivity contribution < 1.29 is 13.9 Å². The standard InChI is InChI=1S/C13H14O3/c1-15-13(14)12-9-5-4-8(7-9)11(12)10-3-2-6-16-10/h2-6,8-9,11-12H,7H2,1H3. The number of carbonyl (C=O) groups is 1. The van der Waals surface area contributed by atoms with Gasteiger partial charge in [0.05, 0.1) is 19.3 Å². The number of ether oxygens (including phenoxy) is 1. The second-order valence-corrected chi connectivity index (χ2v) is 4.54. The molecule has 0 amide bonds. The van der Waals surface area contributed by atoms with Gasteiger partial charge in [-0.25, -0.2) is 0 Å². The third-order valence-electron chi connectivity index (χ3n) is 3.80. The van der Waals surface area contributed by atoms with Crippen molar-refractivity contribution in [1.82, 2.24) is 0 Å². The SMILES string of the molecule is COC(=O)C1C2C=CC(C2)C1c1ccco1. The zero-order valence-electron chi connectivity index (χ0n) is 9.13. The second kappa shape index (κ2) is 3.51. The van der Waals surface area contributed by atoms with Gasteiger partial charge in [0.25, 0.3) is 0 Å². The molecule has 0 aliphatic heterocycles.